The fraction of sp³-hybridized carbons (Fsp3) is 0.583. The first-order valence-electron chi connectivity index (χ1n) is 5.28. The van der Waals surface area contributed by atoms with Crippen molar-refractivity contribution in [2.75, 3.05) is 0 Å². The molecular formula is C12H17NO. The van der Waals surface area contributed by atoms with Crippen LogP contribution in [0.25, 0.3) is 0 Å². The lowest BCUT2D eigenvalue weighted by atomic mass is 9.88. The fourth-order valence-electron chi connectivity index (χ4n) is 2.12. The smallest absolute Gasteiger partial charge is 0.161 e. The van der Waals surface area contributed by atoms with E-state index in [4.69, 9.17) is 4.84 Å². The van der Waals surface area contributed by atoms with Crippen LogP contribution in [0.15, 0.2) is 29.0 Å². The predicted molar refractivity (Wildman–Crippen MR) is 58.3 cm³/mol. The average Bonchev–Trinajstić information content (AvgIpc) is 2.45. The van der Waals surface area contributed by atoms with Crippen molar-refractivity contribution in [2.45, 2.75) is 45.1 Å². The lowest BCUT2D eigenvalue weighted by molar-refractivity contribution is 0.0240. The van der Waals surface area contributed by atoms with Gasteiger partial charge in [-0.3, -0.25) is 0 Å². The third-order valence-electron chi connectivity index (χ3n) is 2.93. The van der Waals surface area contributed by atoms with Crippen LogP contribution in [-0.2, 0) is 4.84 Å². The van der Waals surface area contributed by atoms with Gasteiger partial charge >= 0.3 is 0 Å². The van der Waals surface area contributed by atoms with Gasteiger partial charge in [-0.15, -0.1) is 0 Å². The summed E-state index contributed by atoms with van der Waals surface area (Å²) < 4.78 is 0. The minimum atomic E-state index is -0.168. The summed E-state index contributed by atoms with van der Waals surface area (Å²) in [6.45, 7) is 4.16. The standard InChI is InChI=1S/C12H17NO/c1-10-9-12(2,14-13-10)11-7-5-3-4-6-8-11/h3,5,7H,4,6,8-9H2,1-2H3. The van der Waals surface area contributed by atoms with Crippen LogP contribution in [0.1, 0.15) is 39.5 Å². The molecule has 0 aromatic rings. The number of rotatable bonds is 1. The minimum absolute atomic E-state index is 0.168. The molecule has 14 heavy (non-hydrogen) atoms. The zero-order chi connectivity index (χ0) is 10.0. The SMILES string of the molecule is CC1=NOC(C)(C2=CC=CCCC2)C1. The molecule has 0 aromatic heterocycles. The molecule has 2 rings (SSSR count). The first-order valence-corrected chi connectivity index (χ1v) is 5.28. The van der Waals surface area contributed by atoms with Crippen LogP contribution in [0, 0.1) is 0 Å². The van der Waals surface area contributed by atoms with Crippen LogP contribution < -0.4 is 0 Å². The van der Waals surface area contributed by atoms with Crippen LogP contribution in [0.3, 0.4) is 0 Å². The third-order valence-corrected chi connectivity index (χ3v) is 2.93. The monoisotopic (exact) mass is 191 g/mol. The van der Waals surface area contributed by atoms with Gasteiger partial charge in [0, 0.05) is 6.42 Å². The molecule has 1 heterocycles. The van der Waals surface area contributed by atoms with E-state index < -0.39 is 0 Å². The van der Waals surface area contributed by atoms with Crippen LogP contribution in [0.2, 0.25) is 0 Å². The first-order chi connectivity index (χ1) is 6.71. The van der Waals surface area contributed by atoms with E-state index in [1.165, 1.54) is 18.4 Å². The van der Waals surface area contributed by atoms with Crippen LogP contribution in [0.4, 0.5) is 0 Å². The van der Waals surface area contributed by atoms with Crippen molar-refractivity contribution >= 4 is 5.71 Å². The Balaban J connectivity index is 2.14. The maximum Gasteiger partial charge on any atom is 0.161 e. The molecule has 2 aliphatic rings. The Morgan fingerprint density at radius 2 is 2.36 bits per heavy atom. The summed E-state index contributed by atoms with van der Waals surface area (Å²) in [5.41, 5.74) is 2.31. The van der Waals surface area contributed by atoms with Crippen molar-refractivity contribution in [3.63, 3.8) is 0 Å². The van der Waals surface area contributed by atoms with E-state index in [2.05, 4.69) is 30.3 Å². The maximum atomic E-state index is 5.53. The number of nitrogens with zero attached hydrogens (tertiary/aromatic N) is 1. The van der Waals surface area contributed by atoms with Gasteiger partial charge in [0.15, 0.2) is 5.60 Å². The van der Waals surface area contributed by atoms with E-state index in [9.17, 15) is 0 Å². The molecule has 0 aromatic carbocycles. The molecule has 0 N–H and O–H groups in total. The molecule has 0 fully saturated rings. The summed E-state index contributed by atoms with van der Waals surface area (Å²) in [6.07, 6.45) is 11.0. The Morgan fingerprint density at radius 3 is 3.07 bits per heavy atom. The number of allylic oxidation sites excluding steroid dienone is 3. The van der Waals surface area contributed by atoms with E-state index in [0.717, 1.165) is 18.6 Å². The Kier molecular flexibility index (Phi) is 2.44. The van der Waals surface area contributed by atoms with Crippen molar-refractivity contribution in [3.8, 4) is 0 Å². The fourth-order valence-corrected chi connectivity index (χ4v) is 2.12. The number of hydrogen-bond donors (Lipinski definition) is 0. The van der Waals surface area contributed by atoms with Crippen molar-refractivity contribution in [2.24, 2.45) is 5.16 Å². The second-order valence-corrected chi connectivity index (χ2v) is 4.34. The zero-order valence-electron chi connectivity index (χ0n) is 8.92. The van der Waals surface area contributed by atoms with Crippen molar-refractivity contribution in [1.82, 2.24) is 0 Å². The van der Waals surface area contributed by atoms with Crippen molar-refractivity contribution in [1.29, 1.82) is 0 Å². The second-order valence-electron chi connectivity index (χ2n) is 4.34. The van der Waals surface area contributed by atoms with Gasteiger partial charge in [-0.1, -0.05) is 23.4 Å². The lowest BCUT2D eigenvalue weighted by Gasteiger charge is -2.24. The molecule has 2 heteroatoms. The molecule has 0 amide bonds. The van der Waals surface area contributed by atoms with Crippen molar-refractivity contribution in [3.05, 3.63) is 23.8 Å². The molecular weight excluding hydrogens is 174 g/mol. The summed E-state index contributed by atoms with van der Waals surface area (Å²) >= 11 is 0. The number of oxime groups is 1. The van der Waals surface area contributed by atoms with Gasteiger partial charge in [0.2, 0.25) is 0 Å². The summed E-state index contributed by atoms with van der Waals surface area (Å²) in [6, 6.07) is 0. The van der Waals surface area contributed by atoms with E-state index in [-0.39, 0.29) is 5.60 Å². The lowest BCUT2D eigenvalue weighted by Crippen LogP contribution is -2.27. The summed E-state index contributed by atoms with van der Waals surface area (Å²) in [4.78, 5) is 5.53. The van der Waals surface area contributed by atoms with Gasteiger partial charge in [0.05, 0.1) is 5.71 Å². The third kappa shape index (κ3) is 1.74. The topological polar surface area (TPSA) is 21.6 Å². The highest BCUT2D eigenvalue weighted by Crippen LogP contribution is 2.34. The molecule has 76 valence electrons. The second kappa shape index (κ2) is 3.60. The number of hydrogen-bond acceptors (Lipinski definition) is 2. The molecule has 0 radical (unpaired) electrons. The van der Waals surface area contributed by atoms with E-state index in [1.54, 1.807) is 0 Å². The van der Waals surface area contributed by atoms with E-state index >= 15 is 0 Å². The van der Waals surface area contributed by atoms with Gasteiger partial charge in [-0.2, -0.15) is 0 Å². The van der Waals surface area contributed by atoms with Gasteiger partial charge in [0.25, 0.3) is 0 Å². The molecule has 0 saturated carbocycles. The Labute approximate surface area is 85.3 Å². The predicted octanol–water partition coefficient (Wildman–Crippen LogP) is 3.21. The van der Waals surface area contributed by atoms with Gasteiger partial charge in [-0.25, -0.2) is 0 Å². The minimum Gasteiger partial charge on any atom is -0.385 e. The van der Waals surface area contributed by atoms with E-state index in [1.807, 2.05) is 6.92 Å². The Morgan fingerprint density at radius 1 is 1.50 bits per heavy atom. The van der Waals surface area contributed by atoms with Gasteiger partial charge in [-0.05, 0) is 38.7 Å². The molecule has 0 spiro atoms. The van der Waals surface area contributed by atoms with Crippen LogP contribution >= 0.6 is 0 Å². The molecule has 1 aliphatic carbocycles. The van der Waals surface area contributed by atoms with Crippen LogP contribution in [0.5, 0.6) is 0 Å². The molecule has 1 unspecified atom stereocenters. The zero-order valence-corrected chi connectivity index (χ0v) is 8.92. The first kappa shape index (κ1) is 9.50. The van der Waals surface area contributed by atoms with Gasteiger partial charge < -0.3 is 4.84 Å². The van der Waals surface area contributed by atoms with E-state index in [0.29, 0.717) is 0 Å². The summed E-state index contributed by atoms with van der Waals surface area (Å²) in [7, 11) is 0. The van der Waals surface area contributed by atoms with Gasteiger partial charge in [0.1, 0.15) is 0 Å². The molecule has 1 aliphatic heterocycles. The Bertz CT molecular complexity index is 314. The normalized spacial score (nSPS) is 31.9. The molecule has 0 saturated heterocycles. The summed E-state index contributed by atoms with van der Waals surface area (Å²) in [5, 5.41) is 4.05. The van der Waals surface area contributed by atoms with Crippen LogP contribution in [-0.4, -0.2) is 11.3 Å². The highest BCUT2D eigenvalue weighted by Gasteiger charge is 2.35. The maximum absolute atomic E-state index is 5.53. The highest BCUT2D eigenvalue weighted by atomic mass is 16.7. The van der Waals surface area contributed by atoms with Crippen molar-refractivity contribution < 1.29 is 4.84 Å². The molecule has 1 atom stereocenters. The molecule has 2 nitrogen and oxygen atoms in total. The average molecular weight is 191 g/mol. The summed E-state index contributed by atoms with van der Waals surface area (Å²) in [5.74, 6) is 0. The highest BCUT2D eigenvalue weighted by molar-refractivity contribution is 5.84. The quantitative estimate of drug-likeness (QED) is 0.623. The molecule has 0 bridgehead atoms. The Hall–Kier alpha value is -1.05. The largest absolute Gasteiger partial charge is 0.385 e.